The van der Waals surface area contributed by atoms with Gasteiger partial charge in [-0.05, 0) is 66.9 Å². The summed E-state index contributed by atoms with van der Waals surface area (Å²) in [5, 5.41) is 9.65. The van der Waals surface area contributed by atoms with Crippen LogP contribution >= 0.6 is 0 Å². The van der Waals surface area contributed by atoms with Crippen LogP contribution < -0.4 is 5.32 Å². The minimum absolute atomic E-state index is 0.331. The molecule has 2 N–H and O–H groups in total. The molecule has 1 fully saturated rings. The number of nitrogens with one attached hydrogen (secondary N) is 2. The molecule has 1 amide bonds. The molecule has 35 heavy (non-hydrogen) atoms. The standard InChI is InChI=1S/C27H25FN6O/c28-24-5-3-4-21(11-24)23-12-25(17-30-15-23)32-27(35)26-22(16-31-33-26)7-6-19-10-20(14-29-13-19)18-34-8-1-2-9-34/h3-7,10-17H,1-2,8-9,18H2,(H,31,33)(H,32,35)/b7-6+. The van der Waals surface area contributed by atoms with Gasteiger partial charge in [0.05, 0.1) is 18.1 Å². The molecule has 5 rings (SSSR count). The SMILES string of the molecule is O=C(Nc1cncc(-c2cccc(F)c2)c1)c1[nH]ncc1/C=C/c1cncc(CN2CCCC2)c1. The summed E-state index contributed by atoms with van der Waals surface area (Å²) in [4.78, 5) is 23.9. The van der Waals surface area contributed by atoms with Crippen molar-refractivity contribution in [3.05, 3.63) is 95.6 Å². The number of H-pyrrole nitrogens is 1. The highest BCUT2D eigenvalue weighted by Gasteiger charge is 2.14. The van der Waals surface area contributed by atoms with Crippen LogP contribution in [-0.4, -0.2) is 44.1 Å². The van der Waals surface area contributed by atoms with Crippen LogP contribution in [0, 0.1) is 5.82 Å². The van der Waals surface area contributed by atoms with Gasteiger partial charge in [0, 0.05) is 36.3 Å². The van der Waals surface area contributed by atoms with Crippen LogP contribution in [0.15, 0.2) is 67.4 Å². The van der Waals surface area contributed by atoms with Gasteiger partial charge in [-0.15, -0.1) is 0 Å². The van der Waals surface area contributed by atoms with Crippen LogP contribution in [-0.2, 0) is 6.54 Å². The first-order valence-corrected chi connectivity index (χ1v) is 11.5. The lowest BCUT2D eigenvalue weighted by molar-refractivity contribution is 0.102. The van der Waals surface area contributed by atoms with E-state index < -0.39 is 0 Å². The fraction of sp³-hybridized carbons (Fsp3) is 0.185. The summed E-state index contributed by atoms with van der Waals surface area (Å²) in [6.45, 7) is 3.17. The van der Waals surface area contributed by atoms with Crippen LogP contribution in [0.2, 0.25) is 0 Å². The first kappa shape index (κ1) is 22.6. The average Bonchev–Trinajstić information content (AvgIpc) is 3.55. The smallest absolute Gasteiger partial charge is 0.274 e. The number of pyridine rings is 2. The van der Waals surface area contributed by atoms with Gasteiger partial charge in [0.15, 0.2) is 0 Å². The number of benzene rings is 1. The van der Waals surface area contributed by atoms with Crippen molar-refractivity contribution in [3.63, 3.8) is 0 Å². The number of amides is 1. The molecular formula is C27H25FN6O. The van der Waals surface area contributed by atoms with Gasteiger partial charge in [0.25, 0.3) is 5.91 Å². The molecule has 7 nitrogen and oxygen atoms in total. The molecule has 4 aromatic rings. The van der Waals surface area contributed by atoms with Crippen molar-refractivity contribution in [2.45, 2.75) is 19.4 Å². The number of carbonyl (C=O) groups excluding carboxylic acids is 1. The Morgan fingerprint density at radius 2 is 1.86 bits per heavy atom. The maximum atomic E-state index is 13.6. The van der Waals surface area contributed by atoms with Gasteiger partial charge in [-0.1, -0.05) is 24.3 Å². The molecule has 1 saturated heterocycles. The quantitative estimate of drug-likeness (QED) is 0.398. The number of hydrogen-bond acceptors (Lipinski definition) is 5. The van der Waals surface area contributed by atoms with E-state index in [4.69, 9.17) is 0 Å². The van der Waals surface area contributed by atoms with Gasteiger partial charge in [0.1, 0.15) is 11.5 Å². The van der Waals surface area contributed by atoms with Gasteiger partial charge in [-0.3, -0.25) is 24.8 Å². The number of rotatable bonds is 7. The van der Waals surface area contributed by atoms with E-state index in [1.165, 1.54) is 30.5 Å². The number of likely N-dealkylation sites (tertiary alicyclic amines) is 1. The van der Waals surface area contributed by atoms with E-state index in [9.17, 15) is 9.18 Å². The lowest BCUT2D eigenvalue weighted by Crippen LogP contribution is -2.18. The summed E-state index contributed by atoms with van der Waals surface area (Å²) in [6.07, 6.45) is 14.8. The third-order valence-corrected chi connectivity index (χ3v) is 5.93. The Labute approximate surface area is 202 Å². The van der Waals surface area contributed by atoms with Crippen molar-refractivity contribution in [3.8, 4) is 11.1 Å². The zero-order valence-corrected chi connectivity index (χ0v) is 19.1. The largest absolute Gasteiger partial charge is 0.319 e. The lowest BCUT2D eigenvalue weighted by Gasteiger charge is -2.14. The Kier molecular flexibility index (Phi) is 6.72. The first-order valence-electron chi connectivity index (χ1n) is 11.5. The second-order valence-electron chi connectivity index (χ2n) is 8.57. The van der Waals surface area contributed by atoms with E-state index in [2.05, 4.69) is 36.4 Å². The molecule has 1 aliphatic heterocycles. The van der Waals surface area contributed by atoms with Crippen LogP contribution in [0.5, 0.6) is 0 Å². The fourth-order valence-corrected chi connectivity index (χ4v) is 4.20. The van der Waals surface area contributed by atoms with Crippen molar-refractivity contribution < 1.29 is 9.18 Å². The summed E-state index contributed by atoms with van der Waals surface area (Å²) < 4.78 is 13.6. The van der Waals surface area contributed by atoms with Gasteiger partial charge < -0.3 is 5.32 Å². The summed E-state index contributed by atoms with van der Waals surface area (Å²) >= 11 is 0. The number of anilines is 1. The number of halogens is 1. The predicted molar refractivity (Wildman–Crippen MR) is 134 cm³/mol. The fourth-order valence-electron chi connectivity index (χ4n) is 4.20. The van der Waals surface area contributed by atoms with E-state index in [-0.39, 0.29) is 11.7 Å². The van der Waals surface area contributed by atoms with E-state index in [1.807, 2.05) is 18.3 Å². The minimum atomic E-state index is -0.346. The molecule has 0 atom stereocenters. The van der Waals surface area contributed by atoms with E-state index in [0.717, 1.165) is 25.2 Å². The highest BCUT2D eigenvalue weighted by atomic mass is 19.1. The molecule has 1 aromatic carbocycles. The Morgan fingerprint density at radius 3 is 2.71 bits per heavy atom. The molecule has 3 aromatic heterocycles. The van der Waals surface area contributed by atoms with Crippen molar-refractivity contribution >= 4 is 23.7 Å². The third-order valence-electron chi connectivity index (χ3n) is 5.93. The van der Waals surface area contributed by atoms with Crippen LogP contribution in [0.4, 0.5) is 10.1 Å². The summed E-state index contributed by atoms with van der Waals surface area (Å²) in [7, 11) is 0. The van der Waals surface area contributed by atoms with Gasteiger partial charge in [-0.25, -0.2) is 4.39 Å². The molecule has 4 heterocycles. The van der Waals surface area contributed by atoms with Gasteiger partial charge in [0.2, 0.25) is 0 Å². The van der Waals surface area contributed by atoms with Crippen molar-refractivity contribution in [2.75, 3.05) is 18.4 Å². The van der Waals surface area contributed by atoms with Gasteiger partial charge >= 0.3 is 0 Å². The molecule has 0 spiro atoms. The second-order valence-corrected chi connectivity index (χ2v) is 8.57. The van der Waals surface area contributed by atoms with Crippen molar-refractivity contribution in [1.82, 2.24) is 25.1 Å². The summed E-state index contributed by atoms with van der Waals surface area (Å²) in [6, 6.07) is 10.1. The highest BCUT2D eigenvalue weighted by molar-refractivity contribution is 6.05. The lowest BCUT2D eigenvalue weighted by atomic mass is 10.1. The topological polar surface area (TPSA) is 86.8 Å². The maximum Gasteiger partial charge on any atom is 0.274 e. The molecule has 8 heteroatoms. The molecule has 0 aliphatic carbocycles. The van der Waals surface area contributed by atoms with Crippen LogP contribution in [0.25, 0.3) is 23.3 Å². The number of aromatic nitrogens is 4. The Balaban J connectivity index is 1.28. The number of carbonyl (C=O) groups is 1. The van der Waals surface area contributed by atoms with Crippen LogP contribution in [0.1, 0.15) is 40.0 Å². The Morgan fingerprint density at radius 1 is 1.00 bits per heavy atom. The van der Waals surface area contributed by atoms with E-state index >= 15 is 0 Å². The molecule has 1 aliphatic rings. The van der Waals surface area contributed by atoms with Crippen molar-refractivity contribution in [1.29, 1.82) is 0 Å². The minimum Gasteiger partial charge on any atom is -0.319 e. The molecule has 176 valence electrons. The normalized spacial score (nSPS) is 14.0. The monoisotopic (exact) mass is 468 g/mol. The highest BCUT2D eigenvalue weighted by Crippen LogP contribution is 2.23. The van der Waals surface area contributed by atoms with Gasteiger partial charge in [-0.2, -0.15) is 5.10 Å². The third kappa shape index (κ3) is 5.67. The molecule has 0 unspecified atom stereocenters. The average molecular weight is 469 g/mol. The predicted octanol–water partition coefficient (Wildman–Crippen LogP) is 5.02. The zero-order chi connectivity index (χ0) is 24.0. The van der Waals surface area contributed by atoms with E-state index in [0.29, 0.717) is 28.1 Å². The Bertz CT molecular complexity index is 1360. The zero-order valence-electron chi connectivity index (χ0n) is 19.1. The molecule has 0 bridgehead atoms. The number of hydrogen-bond donors (Lipinski definition) is 2. The Hall–Kier alpha value is -4.17. The second kappa shape index (κ2) is 10.4. The molecule has 0 radical (unpaired) electrons. The van der Waals surface area contributed by atoms with Crippen LogP contribution in [0.3, 0.4) is 0 Å². The molecular weight excluding hydrogens is 443 g/mol. The summed E-state index contributed by atoms with van der Waals surface area (Å²) in [5.41, 5.74) is 5.00. The van der Waals surface area contributed by atoms with E-state index in [1.54, 1.807) is 43.0 Å². The summed E-state index contributed by atoms with van der Waals surface area (Å²) in [5.74, 6) is -0.677. The first-order chi connectivity index (χ1) is 17.1. The number of aromatic amines is 1. The van der Waals surface area contributed by atoms with Crippen molar-refractivity contribution in [2.24, 2.45) is 0 Å². The molecule has 0 saturated carbocycles. The number of nitrogens with zero attached hydrogens (tertiary/aromatic N) is 4. The maximum absolute atomic E-state index is 13.6.